The highest BCUT2D eigenvalue weighted by atomic mass is 19.1. The van der Waals surface area contributed by atoms with Gasteiger partial charge in [0.05, 0.1) is 11.8 Å². The van der Waals surface area contributed by atoms with Gasteiger partial charge in [0.15, 0.2) is 5.65 Å². The van der Waals surface area contributed by atoms with Crippen molar-refractivity contribution in [2.75, 3.05) is 0 Å². The number of nitrogens with one attached hydrogen (secondary N) is 1. The van der Waals surface area contributed by atoms with Crippen molar-refractivity contribution in [2.45, 2.75) is 0 Å². The second-order valence-corrected chi connectivity index (χ2v) is 3.50. The molecule has 0 radical (unpaired) electrons. The average Bonchev–Trinajstić information content (AvgIpc) is 2.77. The molecule has 0 spiro atoms. The number of benzene rings is 1. The predicted octanol–water partition coefficient (Wildman–Crippen LogP) is 2.76. The number of rotatable bonds is 1. The standard InChI is InChI=1S/C12H8FN3/c13-10-3-1-8(2-4-10)9-5-11-12(14-6-9)16-7-15-11/h1-7H,(H,14,15,16). The van der Waals surface area contributed by atoms with Crippen molar-refractivity contribution < 1.29 is 4.39 Å². The smallest absolute Gasteiger partial charge is 0.177 e. The zero-order valence-corrected chi connectivity index (χ0v) is 8.31. The number of aromatic amines is 1. The summed E-state index contributed by atoms with van der Waals surface area (Å²) in [6, 6.07) is 8.28. The number of nitrogens with zero attached hydrogens (tertiary/aromatic N) is 2. The lowest BCUT2D eigenvalue weighted by Gasteiger charge is -2.00. The van der Waals surface area contributed by atoms with E-state index in [-0.39, 0.29) is 5.82 Å². The van der Waals surface area contributed by atoms with Crippen molar-refractivity contribution in [1.29, 1.82) is 0 Å². The number of imidazole rings is 1. The fourth-order valence-electron chi connectivity index (χ4n) is 1.63. The average molecular weight is 213 g/mol. The third-order valence-electron chi connectivity index (χ3n) is 2.45. The van der Waals surface area contributed by atoms with E-state index in [1.165, 1.54) is 12.1 Å². The van der Waals surface area contributed by atoms with Crippen molar-refractivity contribution in [3.05, 3.63) is 48.7 Å². The summed E-state index contributed by atoms with van der Waals surface area (Å²) in [7, 11) is 0. The minimum Gasteiger partial charge on any atom is -0.343 e. The summed E-state index contributed by atoms with van der Waals surface area (Å²) in [5.41, 5.74) is 3.44. The maximum absolute atomic E-state index is 12.8. The molecule has 0 aliphatic carbocycles. The maximum Gasteiger partial charge on any atom is 0.177 e. The van der Waals surface area contributed by atoms with Crippen molar-refractivity contribution in [3.63, 3.8) is 0 Å². The van der Waals surface area contributed by atoms with Gasteiger partial charge in [0, 0.05) is 11.8 Å². The van der Waals surface area contributed by atoms with Gasteiger partial charge in [-0.3, -0.25) is 0 Å². The molecule has 3 rings (SSSR count). The van der Waals surface area contributed by atoms with Crippen LogP contribution < -0.4 is 0 Å². The maximum atomic E-state index is 12.8. The summed E-state index contributed by atoms with van der Waals surface area (Å²) in [6.45, 7) is 0. The fraction of sp³-hybridized carbons (Fsp3) is 0. The first-order valence-electron chi connectivity index (χ1n) is 4.88. The second-order valence-electron chi connectivity index (χ2n) is 3.50. The van der Waals surface area contributed by atoms with Gasteiger partial charge < -0.3 is 4.98 Å². The third-order valence-corrected chi connectivity index (χ3v) is 2.45. The van der Waals surface area contributed by atoms with E-state index >= 15 is 0 Å². The molecule has 0 saturated carbocycles. The Kier molecular flexibility index (Phi) is 1.93. The molecule has 0 amide bonds. The molecule has 2 aromatic heterocycles. The first-order valence-corrected chi connectivity index (χ1v) is 4.88. The second kappa shape index (κ2) is 3.41. The van der Waals surface area contributed by atoms with Crippen molar-refractivity contribution >= 4 is 11.2 Å². The van der Waals surface area contributed by atoms with Crippen LogP contribution in [0.25, 0.3) is 22.3 Å². The van der Waals surface area contributed by atoms with Crippen LogP contribution in [0.2, 0.25) is 0 Å². The van der Waals surface area contributed by atoms with E-state index in [2.05, 4.69) is 15.0 Å². The Labute approximate surface area is 91.0 Å². The van der Waals surface area contributed by atoms with Gasteiger partial charge in [-0.15, -0.1) is 0 Å². The van der Waals surface area contributed by atoms with Gasteiger partial charge >= 0.3 is 0 Å². The molecule has 4 heteroatoms. The van der Waals surface area contributed by atoms with Crippen molar-refractivity contribution in [1.82, 2.24) is 15.0 Å². The highest BCUT2D eigenvalue weighted by molar-refractivity contribution is 5.77. The highest BCUT2D eigenvalue weighted by Gasteiger charge is 2.02. The Morgan fingerprint density at radius 2 is 1.81 bits per heavy atom. The molecule has 0 aliphatic heterocycles. The number of H-pyrrole nitrogens is 1. The SMILES string of the molecule is Fc1ccc(-c2cnc3nc[nH]c3c2)cc1. The van der Waals surface area contributed by atoms with Crippen LogP contribution in [0.15, 0.2) is 42.9 Å². The van der Waals surface area contributed by atoms with Crippen molar-refractivity contribution in [2.24, 2.45) is 0 Å². The fourth-order valence-corrected chi connectivity index (χ4v) is 1.63. The van der Waals surface area contributed by atoms with Crippen LogP contribution in [0.3, 0.4) is 0 Å². The molecule has 2 heterocycles. The summed E-state index contributed by atoms with van der Waals surface area (Å²) < 4.78 is 12.8. The molecule has 0 atom stereocenters. The van der Waals surface area contributed by atoms with Crippen LogP contribution in [-0.4, -0.2) is 15.0 Å². The van der Waals surface area contributed by atoms with Crippen LogP contribution >= 0.6 is 0 Å². The van der Waals surface area contributed by atoms with Gasteiger partial charge in [0.2, 0.25) is 0 Å². The highest BCUT2D eigenvalue weighted by Crippen LogP contribution is 2.21. The zero-order valence-electron chi connectivity index (χ0n) is 8.31. The molecule has 3 nitrogen and oxygen atoms in total. The predicted molar refractivity (Wildman–Crippen MR) is 59.3 cm³/mol. The third kappa shape index (κ3) is 1.44. The first-order chi connectivity index (χ1) is 7.83. The van der Waals surface area contributed by atoms with E-state index in [0.29, 0.717) is 5.65 Å². The van der Waals surface area contributed by atoms with Crippen LogP contribution in [0, 0.1) is 5.82 Å². The lowest BCUT2D eigenvalue weighted by molar-refractivity contribution is 0.628. The van der Waals surface area contributed by atoms with E-state index in [4.69, 9.17) is 0 Å². The lowest BCUT2D eigenvalue weighted by Crippen LogP contribution is -1.82. The number of pyridine rings is 1. The van der Waals surface area contributed by atoms with E-state index in [0.717, 1.165) is 16.6 Å². The number of fused-ring (bicyclic) bond motifs is 1. The number of hydrogen-bond donors (Lipinski definition) is 1. The van der Waals surface area contributed by atoms with E-state index < -0.39 is 0 Å². The van der Waals surface area contributed by atoms with Gasteiger partial charge in [-0.1, -0.05) is 12.1 Å². The summed E-state index contributed by atoms with van der Waals surface area (Å²) in [6.07, 6.45) is 3.34. The molecule has 0 fully saturated rings. The van der Waals surface area contributed by atoms with E-state index in [9.17, 15) is 4.39 Å². The molecular formula is C12H8FN3. The molecule has 1 aromatic carbocycles. The normalized spacial score (nSPS) is 10.8. The molecule has 3 aromatic rings. The van der Waals surface area contributed by atoms with Crippen LogP contribution in [-0.2, 0) is 0 Å². The zero-order chi connectivity index (χ0) is 11.0. The van der Waals surface area contributed by atoms with Gasteiger partial charge in [-0.25, -0.2) is 14.4 Å². The minimum atomic E-state index is -0.237. The lowest BCUT2D eigenvalue weighted by atomic mass is 10.1. The number of hydrogen-bond acceptors (Lipinski definition) is 2. The Morgan fingerprint density at radius 1 is 1.00 bits per heavy atom. The van der Waals surface area contributed by atoms with E-state index in [1.807, 2.05) is 6.07 Å². The molecule has 0 unspecified atom stereocenters. The summed E-state index contributed by atoms with van der Waals surface area (Å²) in [5.74, 6) is -0.237. The Balaban J connectivity index is 2.14. The Bertz CT molecular complexity index is 628. The van der Waals surface area contributed by atoms with Gasteiger partial charge in [0.1, 0.15) is 5.82 Å². The number of halogens is 1. The monoisotopic (exact) mass is 213 g/mol. The topological polar surface area (TPSA) is 41.6 Å². The Hall–Kier alpha value is -2.23. The van der Waals surface area contributed by atoms with Crippen LogP contribution in [0.5, 0.6) is 0 Å². The minimum absolute atomic E-state index is 0.237. The molecule has 0 saturated heterocycles. The van der Waals surface area contributed by atoms with E-state index in [1.54, 1.807) is 24.7 Å². The quantitative estimate of drug-likeness (QED) is 0.675. The largest absolute Gasteiger partial charge is 0.343 e. The van der Waals surface area contributed by atoms with Gasteiger partial charge in [-0.2, -0.15) is 0 Å². The molecule has 78 valence electrons. The summed E-state index contributed by atoms with van der Waals surface area (Å²) in [4.78, 5) is 11.2. The number of aromatic nitrogens is 3. The van der Waals surface area contributed by atoms with Crippen LogP contribution in [0.1, 0.15) is 0 Å². The Morgan fingerprint density at radius 3 is 2.62 bits per heavy atom. The van der Waals surface area contributed by atoms with Gasteiger partial charge in [-0.05, 0) is 23.8 Å². The van der Waals surface area contributed by atoms with Crippen LogP contribution in [0.4, 0.5) is 4.39 Å². The first kappa shape index (κ1) is 9.03. The van der Waals surface area contributed by atoms with Gasteiger partial charge in [0.25, 0.3) is 0 Å². The molecule has 0 bridgehead atoms. The summed E-state index contributed by atoms with van der Waals surface area (Å²) in [5, 5.41) is 0. The molecule has 1 N–H and O–H groups in total. The molecule has 16 heavy (non-hydrogen) atoms. The molecular weight excluding hydrogens is 205 g/mol. The summed E-state index contributed by atoms with van der Waals surface area (Å²) >= 11 is 0. The van der Waals surface area contributed by atoms with Crippen molar-refractivity contribution in [3.8, 4) is 11.1 Å². The molecule has 0 aliphatic rings.